The summed E-state index contributed by atoms with van der Waals surface area (Å²) < 4.78 is 0. The Labute approximate surface area is 171 Å². The molecule has 2 heterocycles. The molecule has 0 radical (unpaired) electrons. The molecule has 0 aromatic carbocycles. The highest BCUT2D eigenvalue weighted by Crippen LogP contribution is 2.32. The minimum atomic E-state index is -0.220. The molecule has 28 heavy (non-hydrogen) atoms. The van der Waals surface area contributed by atoms with Gasteiger partial charge in [-0.05, 0) is 58.3 Å². The zero-order valence-corrected chi connectivity index (χ0v) is 18.4. The summed E-state index contributed by atoms with van der Waals surface area (Å²) in [6, 6.07) is 0.0321. The highest BCUT2D eigenvalue weighted by molar-refractivity contribution is 5.82. The van der Waals surface area contributed by atoms with Gasteiger partial charge in [0.1, 0.15) is 0 Å². The van der Waals surface area contributed by atoms with Gasteiger partial charge in [0, 0.05) is 44.8 Å². The molecule has 2 aliphatic heterocycles. The molecule has 6 nitrogen and oxygen atoms in total. The Morgan fingerprint density at radius 2 is 1.43 bits per heavy atom. The minimum absolute atomic E-state index is 0.0147. The monoisotopic (exact) mass is 392 g/mol. The average molecular weight is 393 g/mol. The molecule has 2 saturated heterocycles. The molecule has 6 heteroatoms. The molecule has 3 aliphatic rings. The van der Waals surface area contributed by atoms with Crippen LogP contribution in [0.25, 0.3) is 0 Å². The summed E-state index contributed by atoms with van der Waals surface area (Å²) >= 11 is 0. The fraction of sp³-hybridized carbons (Fsp3) is 0.909. The van der Waals surface area contributed by atoms with Crippen LogP contribution in [0, 0.1) is 11.8 Å². The van der Waals surface area contributed by atoms with Crippen molar-refractivity contribution in [2.45, 2.75) is 77.8 Å². The molecule has 3 amide bonds. The van der Waals surface area contributed by atoms with Gasteiger partial charge >= 0.3 is 6.03 Å². The van der Waals surface area contributed by atoms with Crippen LogP contribution in [0.5, 0.6) is 0 Å². The maximum Gasteiger partial charge on any atom is 0.317 e. The van der Waals surface area contributed by atoms with Gasteiger partial charge in [-0.3, -0.25) is 9.69 Å². The zero-order valence-electron chi connectivity index (χ0n) is 18.4. The van der Waals surface area contributed by atoms with Crippen LogP contribution in [0.15, 0.2) is 0 Å². The molecule has 0 bridgehead atoms. The fourth-order valence-electron chi connectivity index (χ4n) is 4.95. The number of amides is 3. The first kappa shape index (κ1) is 21.4. The van der Waals surface area contributed by atoms with Crippen molar-refractivity contribution in [3.63, 3.8) is 0 Å². The molecule has 1 N–H and O–H groups in total. The van der Waals surface area contributed by atoms with Gasteiger partial charge in [-0.2, -0.15) is 0 Å². The number of hydrogen-bond acceptors (Lipinski definition) is 3. The average Bonchev–Trinajstić information content (AvgIpc) is 3.16. The Morgan fingerprint density at radius 3 is 1.96 bits per heavy atom. The second kappa shape index (κ2) is 9.02. The molecule has 1 unspecified atom stereocenters. The van der Waals surface area contributed by atoms with Crippen molar-refractivity contribution in [2.24, 2.45) is 11.8 Å². The zero-order chi connectivity index (χ0) is 20.3. The van der Waals surface area contributed by atoms with Gasteiger partial charge in [0.25, 0.3) is 0 Å². The van der Waals surface area contributed by atoms with Gasteiger partial charge in [0.15, 0.2) is 0 Å². The van der Waals surface area contributed by atoms with Crippen LogP contribution in [0.1, 0.15) is 66.2 Å². The van der Waals surface area contributed by atoms with Gasteiger partial charge < -0.3 is 15.1 Å². The molecule has 1 aliphatic carbocycles. The summed E-state index contributed by atoms with van der Waals surface area (Å²) in [7, 11) is 0. The van der Waals surface area contributed by atoms with Gasteiger partial charge in [0.05, 0.1) is 6.04 Å². The van der Waals surface area contributed by atoms with Crippen LogP contribution in [-0.4, -0.2) is 77.5 Å². The summed E-state index contributed by atoms with van der Waals surface area (Å²) in [6.45, 7) is 13.2. The van der Waals surface area contributed by atoms with Gasteiger partial charge in [-0.15, -0.1) is 0 Å². The lowest BCUT2D eigenvalue weighted by atomic mass is 9.92. The van der Waals surface area contributed by atoms with E-state index in [1.54, 1.807) is 0 Å². The number of nitrogens with zero attached hydrogens (tertiary/aromatic N) is 3. The Hall–Kier alpha value is -1.30. The molecule has 1 atom stereocenters. The summed E-state index contributed by atoms with van der Waals surface area (Å²) in [4.78, 5) is 32.4. The number of carbonyl (C=O) groups excluding carboxylic acids is 2. The van der Waals surface area contributed by atoms with Crippen molar-refractivity contribution < 1.29 is 9.59 Å². The van der Waals surface area contributed by atoms with Crippen LogP contribution in [0.4, 0.5) is 4.79 Å². The van der Waals surface area contributed by atoms with E-state index in [4.69, 9.17) is 0 Å². The molecule has 0 aromatic rings. The van der Waals surface area contributed by atoms with Crippen LogP contribution in [0.2, 0.25) is 0 Å². The quantitative estimate of drug-likeness (QED) is 0.803. The standard InChI is InChI=1S/C22H40N4O2/c1-17-9-11-25(12-10-17)20(27)19(18-7-5-6-8-18)24-13-15-26(16-14-24)21(28)23-22(2,3)4/h17-19H,5-16H2,1-4H3,(H,23,28). The number of nitrogens with one attached hydrogen (secondary N) is 1. The first-order chi connectivity index (χ1) is 13.2. The highest BCUT2D eigenvalue weighted by Gasteiger charge is 2.40. The lowest BCUT2D eigenvalue weighted by Crippen LogP contribution is -2.60. The third kappa shape index (κ3) is 5.40. The second-order valence-electron chi connectivity index (χ2n) is 10.2. The van der Waals surface area contributed by atoms with Gasteiger partial charge in [-0.25, -0.2) is 4.79 Å². The third-order valence-electron chi connectivity index (χ3n) is 6.67. The summed E-state index contributed by atoms with van der Waals surface area (Å²) in [5, 5.41) is 3.06. The van der Waals surface area contributed by atoms with E-state index in [9.17, 15) is 9.59 Å². The van der Waals surface area contributed by atoms with Crippen LogP contribution in [-0.2, 0) is 4.79 Å². The summed E-state index contributed by atoms with van der Waals surface area (Å²) in [5.74, 6) is 1.58. The molecule has 1 saturated carbocycles. The van der Waals surface area contributed by atoms with E-state index in [-0.39, 0.29) is 17.6 Å². The van der Waals surface area contributed by atoms with E-state index in [0.29, 0.717) is 24.9 Å². The van der Waals surface area contributed by atoms with Crippen molar-refractivity contribution >= 4 is 11.9 Å². The number of rotatable bonds is 3. The first-order valence-corrected chi connectivity index (χ1v) is 11.3. The molecule has 3 fully saturated rings. The Morgan fingerprint density at radius 1 is 0.857 bits per heavy atom. The number of urea groups is 1. The maximum absolute atomic E-state index is 13.5. The summed E-state index contributed by atoms with van der Waals surface area (Å²) in [5.41, 5.74) is -0.220. The summed E-state index contributed by atoms with van der Waals surface area (Å²) in [6.07, 6.45) is 7.10. The largest absolute Gasteiger partial charge is 0.341 e. The smallest absolute Gasteiger partial charge is 0.317 e. The van der Waals surface area contributed by atoms with E-state index in [1.165, 1.54) is 25.7 Å². The minimum Gasteiger partial charge on any atom is -0.341 e. The van der Waals surface area contributed by atoms with E-state index >= 15 is 0 Å². The number of carbonyl (C=O) groups is 2. The Balaban J connectivity index is 1.62. The van der Waals surface area contributed by atoms with Crippen molar-refractivity contribution in [3.8, 4) is 0 Å². The number of piperidine rings is 1. The van der Waals surface area contributed by atoms with E-state index < -0.39 is 0 Å². The maximum atomic E-state index is 13.5. The highest BCUT2D eigenvalue weighted by atomic mass is 16.2. The molecule has 3 rings (SSSR count). The molecular formula is C22H40N4O2. The SMILES string of the molecule is CC1CCN(C(=O)C(C2CCCC2)N2CCN(C(=O)NC(C)(C)C)CC2)CC1. The van der Waals surface area contributed by atoms with E-state index in [2.05, 4.69) is 22.0 Å². The predicted octanol–water partition coefficient (Wildman–Crippen LogP) is 2.93. The van der Waals surface area contributed by atoms with E-state index in [0.717, 1.165) is 44.9 Å². The third-order valence-corrected chi connectivity index (χ3v) is 6.67. The van der Waals surface area contributed by atoms with Crippen LogP contribution in [0.3, 0.4) is 0 Å². The number of likely N-dealkylation sites (tertiary alicyclic amines) is 1. The number of hydrogen-bond donors (Lipinski definition) is 1. The van der Waals surface area contributed by atoms with Crippen molar-refractivity contribution in [3.05, 3.63) is 0 Å². The fourth-order valence-corrected chi connectivity index (χ4v) is 4.95. The van der Waals surface area contributed by atoms with Gasteiger partial charge in [-0.1, -0.05) is 19.8 Å². The lowest BCUT2D eigenvalue weighted by Gasteiger charge is -2.43. The van der Waals surface area contributed by atoms with Crippen molar-refractivity contribution in [1.82, 2.24) is 20.0 Å². The molecule has 160 valence electrons. The molecule has 0 aromatic heterocycles. The first-order valence-electron chi connectivity index (χ1n) is 11.3. The van der Waals surface area contributed by atoms with Crippen molar-refractivity contribution in [1.29, 1.82) is 0 Å². The Bertz CT molecular complexity index is 537. The Kier molecular flexibility index (Phi) is 6.89. The van der Waals surface area contributed by atoms with Crippen molar-refractivity contribution in [2.75, 3.05) is 39.3 Å². The topological polar surface area (TPSA) is 55.9 Å². The number of piperazine rings is 1. The van der Waals surface area contributed by atoms with Gasteiger partial charge in [0.2, 0.25) is 5.91 Å². The second-order valence-corrected chi connectivity index (χ2v) is 10.2. The molecular weight excluding hydrogens is 352 g/mol. The van der Waals surface area contributed by atoms with Crippen LogP contribution >= 0.6 is 0 Å². The lowest BCUT2D eigenvalue weighted by molar-refractivity contribution is -0.141. The van der Waals surface area contributed by atoms with E-state index in [1.807, 2.05) is 25.7 Å². The van der Waals surface area contributed by atoms with Crippen LogP contribution < -0.4 is 5.32 Å². The predicted molar refractivity (Wildman–Crippen MR) is 112 cm³/mol. The normalized spacial score (nSPS) is 24.4. The molecule has 0 spiro atoms.